The number of pyridine rings is 2. The summed E-state index contributed by atoms with van der Waals surface area (Å²) in [6.45, 7) is 2.76. The zero-order valence-corrected chi connectivity index (χ0v) is 21.6. The minimum atomic E-state index is -4.68. The molecule has 1 aromatic carbocycles. The minimum Gasteiger partial charge on any atom is -0.378 e. The molecule has 10 nitrogen and oxygen atoms in total. The van der Waals surface area contributed by atoms with Gasteiger partial charge in [-0.2, -0.15) is 0 Å². The fraction of sp³-hybridized carbons (Fsp3) is 0.250. The first-order chi connectivity index (χ1) is 17.3. The molecule has 1 aliphatic rings. The minimum absolute atomic E-state index is 0.169. The van der Waals surface area contributed by atoms with E-state index in [4.69, 9.17) is 9.26 Å². The molecule has 0 bridgehead atoms. The molecule has 2 N–H and O–H groups in total. The van der Waals surface area contributed by atoms with Crippen molar-refractivity contribution in [2.45, 2.75) is 13.3 Å². The summed E-state index contributed by atoms with van der Waals surface area (Å²) in [4.78, 5) is 38.1. The number of aromatic nitrogens is 3. The average molecular weight is 575 g/mol. The van der Waals surface area contributed by atoms with Gasteiger partial charge in [-0.05, 0) is 35.4 Å². The van der Waals surface area contributed by atoms with Crippen LogP contribution in [0.2, 0.25) is 0 Å². The van der Waals surface area contributed by atoms with Gasteiger partial charge >= 0.3 is 7.82 Å². The van der Waals surface area contributed by atoms with Gasteiger partial charge in [0.05, 0.1) is 31.6 Å². The fourth-order valence-electron chi connectivity index (χ4n) is 4.26. The maximum absolute atomic E-state index is 13.0. The van der Waals surface area contributed by atoms with Crippen LogP contribution in [0.1, 0.15) is 5.56 Å². The Hall–Kier alpha value is -2.79. The second kappa shape index (κ2) is 10.3. The number of anilines is 1. The highest BCUT2D eigenvalue weighted by molar-refractivity contribution is 9.10. The third-order valence-electron chi connectivity index (χ3n) is 5.99. The molecule has 0 amide bonds. The highest BCUT2D eigenvalue weighted by Gasteiger charge is 2.19. The predicted molar refractivity (Wildman–Crippen MR) is 139 cm³/mol. The third-order valence-corrected chi connectivity index (χ3v) is 6.93. The number of phosphoric ester groups is 1. The van der Waals surface area contributed by atoms with Gasteiger partial charge < -0.3 is 28.6 Å². The van der Waals surface area contributed by atoms with Crippen LogP contribution < -0.4 is 10.5 Å². The Labute approximate surface area is 215 Å². The van der Waals surface area contributed by atoms with Crippen molar-refractivity contribution < 1.29 is 23.6 Å². The zero-order valence-electron chi connectivity index (χ0n) is 19.2. The topological polar surface area (TPSA) is 119 Å². The lowest BCUT2D eigenvalue weighted by molar-refractivity contribution is 0.122. The van der Waals surface area contributed by atoms with Gasteiger partial charge in [-0.3, -0.25) is 9.32 Å². The standard InChI is InChI=1S/C24H24BrN4O6P/c25-19-3-1-2-17(10-19)14-28-5-4-18(11-23(28)30)22-15-29(16-35-36(31,32)33)24-21(22)12-20(13-26-24)27-6-8-34-9-7-27/h1-5,10-13,15H,6-9,14,16H2,(H2,31,32,33). The normalized spacial score (nSPS) is 14.5. The lowest BCUT2D eigenvalue weighted by Crippen LogP contribution is -2.36. The molecule has 0 unspecified atom stereocenters. The van der Waals surface area contributed by atoms with Crippen molar-refractivity contribution in [2.24, 2.45) is 0 Å². The molecular formula is C24H24BrN4O6P. The number of hydrogen-bond acceptors (Lipinski definition) is 6. The van der Waals surface area contributed by atoms with Crippen LogP contribution in [0.15, 0.2) is 70.3 Å². The molecule has 4 heterocycles. The molecule has 0 aliphatic carbocycles. The Balaban J connectivity index is 1.54. The van der Waals surface area contributed by atoms with E-state index < -0.39 is 7.82 Å². The van der Waals surface area contributed by atoms with E-state index in [2.05, 4.69) is 25.8 Å². The van der Waals surface area contributed by atoms with E-state index in [9.17, 15) is 19.1 Å². The van der Waals surface area contributed by atoms with Crippen molar-refractivity contribution in [1.82, 2.24) is 14.1 Å². The molecule has 36 heavy (non-hydrogen) atoms. The molecular weight excluding hydrogens is 551 g/mol. The molecule has 4 aromatic rings. The first kappa shape index (κ1) is 24.9. The lowest BCUT2D eigenvalue weighted by atomic mass is 10.1. The Bertz CT molecular complexity index is 1510. The van der Waals surface area contributed by atoms with Crippen LogP contribution in [0.5, 0.6) is 0 Å². The van der Waals surface area contributed by atoms with Gasteiger partial charge in [0.1, 0.15) is 12.4 Å². The summed E-state index contributed by atoms with van der Waals surface area (Å²) in [5.41, 5.74) is 3.61. The van der Waals surface area contributed by atoms with E-state index >= 15 is 0 Å². The molecule has 0 radical (unpaired) electrons. The van der Waals surface area contributed by atoms with Crippen LogP contribution >= 0.6 is 23.8 Å². The highest BCUT2D eigenvalue weighted by Crippen LogP contribution is 2.38. The van der Waals surface area contributed by atoms with Crippen LogP contribution in [-0.2, 0) is 27.1 Å². The summed E-state index contributed by atoms with van der Waals surface area (Å²) in [7, 11) is -4.68. The van der Waals surface area contributed by atoms with Crippen LogP contribution in [0.3, 0.4) is 0 Å². The summed E-state index contributed by atoms with van der Waals surface area (Å²) in [5, 5.41) is 0.748. The number of nitrogens with zero attached hydrogens (tertiary/aromatic N) is 4. The van der Waals surface area contributed by atoms with Gasteiger partial charge in [0.2, 0.25) is 0 Å². The van der Waals surface area contributed by atoms with E-state index in [1.165, 1.54) is 4.57 Å². The van der Waals surface area contributed by atoms with Crippen molar-refractivity contribution in [3.8, 4) is 11.1 Å². The van der Waals surface area contributed by atoms with Gasteiger partial charge in [-0.1, -0.05) is 28.1 Å². The maximum atomic E-state index is 13.0. The number of morpholine rings is 1. The van der Waals surface area contributed by atoms with Crippen molar-refractivity contribution in [2.75, 3.05) is 31.2 Å². The molecule has 0 spiro atoms. The first-order valence-corrected chi connectivity index (χ1v) is 13.6. The number of hydrogen-bond donors (Lipinski definition) is 2. The average Bonchev–Trinajstić information content (AvgIpc) is 3.22. The Morgan fingerprint density at radius 3 is 2.64 bits per heavy atom. The smallest absolute Gasteiger partial charge is 0.378 e. The summed E-state index contributed by atoms with van der Waals surface area (Å²) in [6.07, 6.45) is 5.17. The molecule has 1 saturated heterocycles. The third kappa shape index (κ3) is 5.62. The number of benzene rings is 1. The van der Waals surface area contributed by atoms with E-state index in [1.54, 1.807) is 29.2 Å². The molecule has 5 rings (SSSR count). The molecule has 1 aliphatic heterocycles. The van der Waals surface area contributed by atoms with Crippen LogP contribution in [0, 0.1) is 0 Å². The number of fused-ring (bicyclic) bond motifs is 1. The Morgan fingerprint density at radius 1 is 1.11 bits per heavy atom. The summed E-state index contributed by atoms with van der Waals surface area (Å²) < 4.78 is 25.6. The summed E-state index contributed by atoms with van der Waals surface area (Å²) in [6, 6.07) is 13.2. The molecule has 0 atom stereocenters. The molecule has 188 valence electrons. The van der Waals surface area contributed by atoms with Gasteiger partial charge in [0.25, 0.3) is 5.56 Å². The van der Waals surface area contributed by atoms with E-state index in [1.807, 2.05) is 36.4 Å². The van der Waals surface area contributed by atoms with Gasteiger partial charge in [-0.15, -0.1) is 0 Å². The lowest BCUT2D eigenvalue weighted by Gasteiger charge is -2.28. The Morgan fingerprint density at radius 2 is 1.92 bits per heavy atom. The zero-order chi connectivity index (χ0) is 25.3. The summed E-state index contributed by atoms with van der Waals surface area (Å²) >= 11 is 3.46. The largest absolute Gasteiger partial charge is 0.471 e. The van der Waals surface area contributed by atoms with Crippen LogP contribution in [0.4, 0.5) is 5.69 Å². The molecule has 1 fully saturated rings. The van der Waals surface area contributed by atoms with Crippen LogP contribution in [0.25, 0.3) is 22.2 Å². The summed E-state index contributed by atoms with van der Waals surface area (Å²) in [5.74, 6) is 0. The molecule has 3 aromatic heterocycles. The van der Waals surface area contributed by atoms with Crippen molar-refractivity contribution in [1.29, 1.82) is 0 Å². The van der Waals surface area contributed by atoms with Crippen LogP contribution in [-0.4, -0.2) is 50.2 Å². The predicted octanol–water partition coefficient (Wildman–Crippen LogP) is 3.58. The highest BCUT2D eigenvalue weighted by atomic mass is 79.9. The quantitative estimate of drug-likeness (QED) is 0.321. The van der Waals surface area contributed by atoms with Crippen molar-refractivity contribution in [3.63, 3.8) is 0 Å². The van der Waals surface area contributed by atoms with Gasteiger partial charge in [0, 0.05) is 47.0 Å². The van der Waals surface area contributed by atoms with E-state index in [0.717, 1.165) is 34.2 Å². The van der Waals surface area contributed by atoms with Crippen molar-refractivity contribution in [3.05, 3.63) is 81.4 Å². The molecule has 12 heteroatoms. The fourth-order valence-corrected chi connectivity index (χ4v) is 4.98. The van der Waals surface area contributed by atoms with E-state index in [0.29, 0.717) is 36.5 Å². The first-order valence-electron chi connectivity index (χ1n) is 11.2. The molecule has 0 saturated carbocycles. The van der Waals surface area contributed by atoms with E-state index in [-0.39, 0.29) is 12.3 Å². The number of rotatable bonds is 7. The monoisotopic (exact) mass is 574 g/mol. The Kier molecular flexibility index (Phi) is 7.11. The second-order valence-corrected chi connectivity index (χ2v) is 10.6. The maximum Gasteiger partial charge on any atom is 0.471 e. The van der Waals surface area contributed by atoms with Crippen molar-refractivity contribution >= 4 is 40.5 Å². The van der Waals surface area contributed by atoms with Gasteiger partial charge in [0.15, 0.2) is 0 Å². The number of ether oxygens (including phenoxy) is 1. The second-order valence-electron chi connectivity index (χ2n) is 8.44. The number of halogens is 1. The van der Waals surface area contributed by atoms with Gasteiger partial charge in [-0.25, -0.2) is 9.55 Å². The number of phosphoric acid groups is 1. The SMILES string of the molecule is O=c1cc(-c2cn(COP(=O)(O)O)c3ncc(N4CCOCC4)cc23)ccn1Cc1cccc(Br)c1.